The van der Waals surface area contributed by atoms with E-state index in [0.717, 1.165) is 53.6 Å². The third-order valence-corrected chi connectivity index (χ3v) is 6.78. The number of carbonyl (C=O) groups is 2. The van der Waals surface area contributed by atoms with E-state index in [2.05, 4.69) is 29.6 Å². The van der Waals surface area contributed by atoms with Crippen LogP contribution in [-0.4, -0.2) is 45.6 Å². The van der Waals surface area contributed by atoms with Crippen LogP contribution in [0.2, 0.25) is 0 Å². The first-order valence-corrected chi connectivity index (χ1v) is 12.0. The summed E-state index contributed by atoms with van der Waals surface area (Å²) in [5.74, 6) is -0.150. The van der Waals surface area contributed by atoms with E-state index in [1.807, 2.05) is 41.9 Å². The minimum Gasteiger partial charge on any atom is -0.353 e. The Morgan fingerprint density at radius 2 is 1.85 bits per heavy atom. The lowest BCUT2D eigenvalue weighted by atomic mass is 9.94. The zero-order chi connectivity index (χ0) is 22.8. The molecule has 1 aliphatic carbocycles. The molecule has 1 aromatic heterocycles. The number of nitrogens with one attached hydrogen (secondary N) is 1. The monoisotopic (exact) mass is 442 g/mol. The molecule has 170 valence electrons. The van der Waals surface area contributed by atoms with Gasteiger partial charge in [-0.3, -0.25) is 14.3 Å². The topological polar surface area (TPSA) is 67.2 Å². The molecule has 5 rings (SSSR count). The summed E-state index contributed by atoms with van der Waals surface area (Å²) in [6.45, 7) is 3.66. The summed E-state index contributed by atoms with van der Waals surface area (Å²) in [6, 6.07) is 17.9. The van der Waals surface area contributed by atoms with E-state index in [-0.39, 0.29) is 11.8 Å². The van der Waals surface area contributed by atoms with Gasteiger partial charge in [-0.15, -0.1) is 0 Å². The number of carbonyl (C=O) groups excluding carboxylic acids is 2. The van der Waals surface area contributed by atoms with Crippen LogP contribution in [0.3, 0.4) is 0 Å². The van der Waals surface area contributed by atoms with Crippen molar-refractivity contribution in [1.82, 2.24) is 20.0 Å². The Balaban J connectivity index is 1.45. The van der Waals surface area contributed by atoms with Gasteiger partial charge >= 0.3 is 0 Å². The van der Waals surface area contributed by atoms with Crippen molar-refractivity contribution in [2.75, 3.05) is 13.1 Å². The highest BCUT2D eigenvalue weighted by Gasteiger charge is 2.37. The average Bonchev–Trinajstić information content (AvgIpc) is 3.24. The Morgan fingerprint density at radius 3 is 2.67 bits per heavy atom. The van der Waals surface area contributed by atoms with E-state index in [1.165, 1.54) is 0 Å². The van der Waals surface area contributed by atoms with Gasteiger partial charge in [0.25, 0.3) is 5.91 Å². The third-order valence-electron chi connectivity index (χ3n) is 6.78. The van der Waals surface area contributed by atoms with Gasteiger partial charge in [-0.25, -0.2) is 0 Å². The van der Waals surface area contributed by atoms with Gasteiger partial charge in [-0.2, -0.15) is 5.10 Å². The van der Waals surface area contributed by atoms with Crippen molar-refractivity contribution >= 4 is 11.8 Å². The standard InChI is InChI=1S/C27H30N4O2/c1-2-31-25(22-13-6-7-14-23(22)29-31)27(33)30-16-15-28-26(32)24(30)18-19-9-8-12-21(17-19)20-10-4-3-5-11-20/h3-5,8-12,17,24H,2,6-7,13-16,18H2,1H3,(H,28,32). The second-order valence-corrected chi connectivity index (χ2v) is 8.87. The number of piperazine rings is 1. The molecule has 1 saturated heterocycles. The predicted octanol–water partition coefficient (Wildman–Crippen LogP) is 3.63. The molecule has 1 atom stereocenters. The summed E-state index contributed by atoms with van der Waals surface area (Å²) in [4.78, 5) is 28.6. The van der Waals surface area contributed by atoms with Gasteiger partial charge in [0.05, 0.1) is 5.69 Å². The lowest BCUT2D eigenvalue weighted by Crippen LogP contribution is -2.58. The molecule has 1 fully saturated rings. The van der Waals surface area contributed by atoms with Crippen LogP contribution in [0, 0.1) is 0 Å². The normalized spacial score (nSPS) is 18.0. The van der Waals surface area contributed by atoms with Gasteiger partial charge in [0.2, 0.25) is 5.91 Å². The van der Waals surface area contributed by atoms with Crippen molar-refractivity contribution in [3.63, 3.8) is 0 Å². The van der Waals surface area contributed by atoms with Gasteiger partial charge in [0.1, 0.15) is 11.7 Å². The number of aryl methyl sites for hydroxylation is 2. The zero-order valence-electron chi connectivity index (χ0n) is 19.1. The number of benzene rings is 2. The number of aromatic nitrogens is 2. The van der Waals surface area contributed by atoms with Crippen molar-refractivity contribution in [3.8, 4) is 11.1 Å². The molecular formula is C27H30N4O2. The number of nitrogens with zero attached hydrogens (tertiary/aromatic N) is 3. The number of hydrogen-bond acceptors (Lipinski definition) is 3. The fourth-order valence-corrected chi connectivity index (χ4v) is 5.10. The largest absolute Gasteiger partial charge is 0.353 e. The molecule has 2 heterocycles. The van der Waals surface area contributed by atoms with E-state index < -0.39 is 6.04 Å². The quantitative estimate of drug-likeness (QED) is 0.656. The Kier molecular flexibility index (Phi) is 5.99. The summed E-state index contributed by atoms with van der Waals surface area (Å²) in [7, 11) is 0. The summed E-state index contributed by atoms with van der Waals surface area (Å²) in [5.41, 5.74) is 6.12. The minimum atomic E-state index is -0.531. The molecule has 1 unspecified atom stereocenters. The second-order valence-electron chi connectivity index (χ2n) is 8.87. The molecule has 2 aliphatic rings. The fraction of sp³-hybridized carbons (Fsp3) is 0.370. The van der Waals surface area contributed by atoms with Crippen LogP contribution in [0.25, 0.3) is 11.1 Å². The Labute approximate surface area is 194 Å². The zero-order valence-corrected chi connectivity index (χ0v) is 19.1. The SMILES string of the molecule is CCn1nc2c(c1C(=O)N1CCNC(=O)C1Cc1cccc(-c3ccccc3)c1)CCCC2. The molecule has 0 saturated carbocycles. The molecule has 2 amide bonds. The molecule has 0 spiro atoms. The van der Waals surface area contributed by atoms with E-state index in [1.54, 1.807) is 4.90 Å². The Hall–Kier alpha value is -3.41. The van der Waals surface area contributed by atoms with Crippen LogP contribution < -0.4 is 5.32 Å². The first-order chi connectivity index (χ1) is 16.2. The summed E-state index contributed by atoms with van der Waals surface area (Å²) < 4.78 is 1.85. The highest BCUT2D eigenvalue weighted by atomic mass is 16.2. The molecule has 3 aromatic rings. The first-order valence-electron chi connectivity index (χ1n) is 12.0. The number of fused-ring (bicyclic) bond motifs is 1. The number of hydrogen-bond donors (Lipinski definition) is 1. The van der Waals surface area contributed by atoms with Crippen LogP contribution in [0.5, 0.6) is 0 Å². The Bertz CT molecular complexity index is 1170. The summed E-state index contributed by atoms with van der Waals surface area (Å²) in [5, 5.41) is 7.69. The van der Waals surface area contributed by atoms with Crippen molar-refractivity contribution in [3.05, 3.63) is 77.1 Å². The molecule has 0 radical (unpaired) electrons. The molecule has 0 bridgehead atoms. The first kappa shape index (κ1) is 21.4. The highest BCUT2D eigenvalue weighted by molar-refractivity contribution is 5.98. The fourth-order valence-electron chi connectivity index (χ4n) is 5.10. The summed E-state index contributed by atoms with van der Waals surface area (Å²) in [6.07, 6.45) is 4.51. The van der Waals surface area contributed by atoms with Gasteiger partial charge in [0, 0.05) is 31.6 Å². The Morgan fingerprint density at radius 1 is 1.06 bits per heavy atom. The van der Waals surface area contributed by atoms with Gasteiger partial charge in [-0.05, 0) is 49.3 Å². The maximum Gasteiger partial charge on any atom is 0.273 e. The van der Waals surface area contributed by atoms with Crippen LogP contribution in [0.15, 0.2) is 54.6 Å². The van der Waals surface area contributed by atoms with Crippen LogP contribution in [0.4, 0.5) is 0 Å². The molecule has 1 N–H and O–H groups in total. The van der Waals surface area contributed by atoms with E-state index in [0.29, 0.717) is 31.7 Å². The van der Waals surface area contributed by atoms with Gasteiger partial charge in [0.15, 0.2) is 0 Å². The maximum atomic E-state index is 13.8. The van der Waals surface area contributed by atoms with Crippen molar-refractivity contribution in [1.29, 1.82) is 0 Å². The molecule has 6 heteroatoms. The van der Waals surface area contributed by atoms with Crippen molar-refractivity contribution in [2.24, 2.45) is 0 Å². The van der Waals surface area contributed by atoms with Crippen LogP contribution >= 0.6 is 0 Å². The lowest BCUT2D eigenvalue weighted by Gasteiger charge is -2.35. The van der Waals surface area contributed by atoms with Gasteiger partial charge < -0.3 is 10.2 Å². The maximum absolute atomic E-state index is 13.8. The molecule has 2 aromatic carbocycles. The van der Waals surface area contributed by atoms with E-state index in [4.69, 9.17) is 5.10 Å². The smallest absolute Gasteiger partial charge is 0.273 e. The van der Waals surface area contributed by atoms with E-state index >= 15 is 0 Å². The van der Waals surface area contributed by atoms with E-state index in [9.17, 15) is 9.59 Å². The molecule has 6 nitrogen and oxygen atoms in total. The third kappa shape index (κ3) is 4.17. The minimum absolute atomic E-state index is 0.0634. The molecule has 1 aliphatic heterocycles. The summed E-state index contributed by atoms with van der Waals surface area (Å²) >= 11 is 0. The van der Waals surface area contributed by atoms with Crippen LogP contribution in [-0.2, 0) is 30.6 Å². The van der Waals surface area contributed by atoms with Crippen molar-refractivity contribution < 1.29 is 9.59 Å². The van der Waals surface area contributed by atoms with Crippen LogP contribution in [0.1, 0.15) is 47.1 Å². The highest BCUT2D eigenvalue weighted by Crippen LogP contribution is 2.27. The molecular weight excluding hydrogens is 412 g/mol. The average molecular weight is 443 g/mol. The predicted molar refractivity (Wildman–Crippen MR) is 128 cm³/mol. The lowest BCUT2D eigenvalue weighted by molar-refractivity contribution is -0.127. The number of rotatable bonds is 5. The molecule has 33 heavy (non-hydrogen) atoms. The number of amides is 2. The van der Waals surface area contributed by atoms with Crippen molar-refractivity contribution in [2.45, 2.75) is 51.6 Å². The van der Waals surface area contributed by atoms with Gasteiger partial charge in [-0.1, -0.05) is 54.6 Å². The second kappa shape index (κ2) is 9.22.